The monoisotopic (exact) mass is 340 g/mol. The molecular formula is C14H16N2O4S2. The van der Waals surface area contributed by atoms with Gasteiger partial charge in [0.2, 0.25) is 0 Å². The molecule has 0 fully saturated rings. The number of methoxy groups -OCH3 is 1. The van der Waals surface area contributed by atoms with Gasteiger partial charge in [-0.05, 0) is 19.4 Å². The molecular weight excluding hydrogens is 324 g/mol. The van der Waals surface area contributed by atoms with Crippen molar-refractivity contribution in [2.75, 3.05) is 7.11 Å². The number of nitrogens with zero attached hydrogens (tertiary/aromatic N) is 1. The maximum Gasteiger partial charge on any atom is 0.275 e. The zero-order valence-corrected chi connectivity index (χ0v) is 14.0. The van der Waals surface area contributed by atoms with Crippen LogP contribution >= 0.6 is 11.3 Å². The molecule has 0 radical (unpaired) electrons. The van der Waals surface area contributed by atoms with E-state index in [2.05, 4.69) is 9.71 Å². The van der Waals surface area contributed by atoms with Gasteiger partial charge in [0, 0.05) is 7.11 Å². The molecule has 0 aliphatic heterocycles. The molecule has 0 aliphatic carbocycles. The SMILES string of the molecule is CO[C@@H](C(=O)NS(=O)(=O)c1sc(C)nc1C)c1ccccc1. The smallest absolute Gasteiger partial charge is 0.275 e. The number of rotatable bonds is 5. The molecule has 0 unspecified atom stereocenters. The van der Waals surface area contributed by atoms with Crippen LogP contribution in [0.15, 0.2) is 34.5 Å². The third-order valence-electron chi connectivity index (χ3n) is 2.92. The predicted molar refractivity (Wildman–Crippen MR) is 83.1 cm³/mol. The largest absolute Gasteiger partial charge is 0.367 e. The highest BCUT2D eigenvalue weighted by atomic mass is 32.2. The average molecular weight is 340 g/mol. The standard InChI is InChI=1S/C14H16N2O4S2/c1-9-14(21-10(2)15-9)22(18,19)16-13(17)12(20-3)11-7-5-4-6-8-11/h4-8,12H,1-3H3,(H,16,17)/t12-/m1/s1. The fourth-order valence-corrected chi connectivity index (χ4v) is 4.49. The Balaban J connectivity index is 2.25. The minimum absolute atomic E-state index is 0.0428. The molecule has 0 saturated carbocycles. The van der Waals surface area contributed by atoms with E-state index in [4.69, 9.17) is 4.74 Å². The van der Waals surface area contributed by atoms with E-state index in [1.165, 1.54) is 7.11 Å². The number of hydrogen-bond acceptors (Lipinski definition) is 6. The van der Waals surface area contributed by atoms with Crippen molar-refractivity contribution >= 4 is 27.3 Å². The van der Waals surface area contributed by atoms with Gasteiger partial charge in [-0.15, -0.1) is 11.3 Å². The van der Waals surface area contributed by atoms with Gasteiger partial charge in [-0.2, -0.15) is 0 Å². The first kappa shape index (κ1) is 16.6. The molecule has 0 spiro atoms. The summed E-state index contributed by atoms with van der Waals surface area (Å²) in [7, 11) is -2.60. The number of amides is 1. The third kappa shape index (κ3) is 3.52. The molecule has 8 heteroatoms. The molecule has 22 heavy (non-hydrogen) atoms. The number of carbonyl (C=O) groups excluding carboxylic acids is 1. The fourth-order valence-electron chi connectivity index (χ4n) is 2.02. The molecule has 0 bridgehead atoms. The van der Waals surface area contributed by atoms with Crippen LogP contribution in [0.2, 0.25) is 0 Å². The Morgan fingerprint density at radius 3 is 2.41 bits per heavy atom. The first-order valence-electron chi connectivity index (χ1n) is 6.43. The Hall–Kier alpha value is -1.77. The number of hydrogen-bond donors (Lipinski definition) is 1. The van der Waals surface area contributed by atoms with E-state index in [-0.39, 0.29) is 4.21 Å². The lowest BCUT2D eigenvalue weighted by Gasteiger charge is -2.15. The summed E-state index contributed by atoms with van der Waals surface area (Å²) in [5.74, 6) is -0.737. The van der Waals surface area contributed by atoms with Gasteiger partial charge in [0.25, 0.3) is 15.9 Å². The van der Waals surface area contributed by atoms with Crippen LogP contribution in [-0.2, 0) is 19.6 Å². The van der Waals surface area contributed by atoms with Gasteiger partial charge in [0.1, 0.15) is 0 Å². The zero-order valence-electron chi connectivity index (χ0n) is 12.4. The summed E-state index contributed by atoms with van der Waals surface area (Å²) >= 11 is 1.02. The molecule has 2 rings (SSSR count). The maximum absolute atomic E-state index is 12.3. The highest BCUT2D eigenvalue weighted by Crippen LogP contribution is 2.24. The van der Waals surface area contributed by atoms with E-state index in [0.29, 0.717) is 16.3 Å². The Morgan fingerprint density at radius 2 is 1.91 bits per heavy atom. The van der Waals surface area contributed by atoms with Crippen LogP contribution in [0.3, 0.4) is 0 Å². The number of thiazole rings is 1. The highest BCUT2D eigenvalue weighted by Gasteiger charge is 2.28. The molecule has 2 aromatic rings. The number of ether oxygens (including phenoxy) is 1. The molecule has 118 valence electrons. The van der Waals surface area contributed by atoms with Gasteiger partial charge in [0.05, 0.1) is 10.7 Å². The summed E-state index contributed by atoms with van der Waals surface area (Å²) in [5.41, 5.74) is 0.950. The molecule has 0 saturated heterocycles. The van der Waals surface area contributed by atoms with Gasteiger partial charge in [-0.1, -0.05) is 30.3 Å². The minimum atomic E-state index is -3.96. The molecule has 1 atom stereocenters. The minimum Gasteiger partial charge on any atom is -0.367 e. The van der Waals surface area contributed by atoms with Gasteiger partial charge < -0.3 is 4.74 Å². The predicted octanol–water partition coefficient (Wildman–Crippen LogP) is 1.95. The van der Waals surface area contributed by atoms with Crippen LogP contribution in [0, 0.1) is 13.8 Å². The Bertz CT molecular complexity index is 769. The second-order valence-electron chi connectivity index (χ2n) is 4.60. The second-order valence-corrected chi connectivity index (χ2v) is 7.68. The topological polar surface area (TPSA) is 85.4 Å². The summed E-state index contributed by atoms with van der Waals surface area (Å²) in [6.45, 7) is 3.30. The third-order valence-corrected chi connectivity index (χ3v) is 5.95. The number of carbonyl (C=O) groups is 1. The fraction of sp³-hybridized carbons (Fsp3) is 0.286. The summed E-state index contributed by atoms with van der Waals surface area (Å²) in [6.07, 6.45) is -0.995. The van der Waals surface area contributed by atoms with Crippen molar-refractivity contribution in [2.24, 2.45) is 0 Å². The van der Waals surface area contributed by atoms with Gasteiger partial charge >= 0.3 is 0 Å². The lowest BCUT2D eigenvalue weighted by atomic mass is 10.1. The van der Waals surface area contributed by atoms with E-state index in [1.54, 1.807) is 44.2 Å². The molecule has 1 aromatic carbocycles. The van der Waals surface area contributed by atoms with Crippen molar-refractivity contribution in [3.8, 4) is 0 Å². The molecule has 1 amide bonds. The van der Waals surface area contributed by atoms with Crippen molar-refractivity contribution < 1.29 is 17.9 Å². The van der Waals surface area contributed by atoms with Crippen LogP contribution in [0.1, 0.15) is 22.4 Å². The first-order chi connectivity index (χ1) is 10.3. The lowest BCUT2D eigenvalue weighted by molar-refractivity contribution is -0.129. The normalized spacial score (nSPS) is 12.9. The van der Waals surface area contributed by atoms with Crippen molar-refractivity contribution in [2.45, 2.75) is 24.2 Å². The highest BCUT2D eigenvalue weighted by molar-refractivity contribution is 7.92. The number of benzene rings is 1. The van der Waals surface area contributed by atoms with Gasteiger partial charge in [0.15, 0.2) is 10.3 Å². The number of aryl methyl sites for hydroxylation is 2. The van der Waals surface area contributed by atoms with Crippen molar-refractivity contribution in [1.82, 2.24) is 9.71 Å². The summed E-state index contributed by atoms with van der Waals surface area (Å²) in [4.78, 5) is 16.3. The summed E-state index contributed by atoms with van der Waals surface area (Å²) in [5, 5.41) is 0.622. The van der Waals surface area contributed by atoms with Crippen LogP contribution in [-0.4, -0.2) is 26.4 Å². The van der Waals surface area contributed by atoms with Crippen LogP contribution in [0.4, 0.5) is 0 Å². The Morgan fingerprint density at radius 1 is 1.27 bits per heavy atom. The molecule has 0 aliphatic rings. The molecule has 6 nitrogen and oxygen atoms in total. The zero-order chi connectivity index (χ0) is 16.3. The number of aromatic nitrogens is 1. The lowest BCUT2D eigenvalue weighted by Crippen LogP contribution is -2.35. The van der Waals surface area contributed by atoms with E-state index in [9.17, 15) is 13.2 Å². The van der Waals surface area contributed by atoms with Crippen LogP contribution in [0.5, 0.6) is 0 Å². The van der Waals surface area contributed by atoms with E-state index in [1.807, 2.05) is 0 Å². The average Bonchev–Trinajstić information content (AvgIpc) is 2.80. The number of sulfonamides is 1. The summed E-state index contributed by atoms with van der Waals surface area (Å²) in [6, 6.07) is 8.69. The van der Waals surface area contributed by atoms with E-state index < -0.39 is 22.0 Å². The second kappa shape index (κ2) is 6.55. The Labute approximate surface area is 133 Å². The first-order valence-corrected chi connectivity index (χ1v) is 8.73. The quantitative estimate of drug-likeness (QED) is 0.899. The van der Waals surface area contributed by atoms with Crippen LogP contribution < -0.4 is 4.72 Å². The molecule has 1 aromatic heterocycles. The van der Waals surface area contributed by atoms with Crippen molar-refractivity contribution in [3.63, 3.8) is 0 Å². The summed E-state index contributed by atoms with van der Waals surface area (Å²) < 4.78 is 31.8. The number of nitrogens with one attached hydrogen (secondary N) is 1. The Kier molecular flexibility index (Phi) is 4.94. The molecule has 1 heterocycles. The van der Waals surface area contributed by atoms with Crippen molar-refractivity contribution in [1.29, 1.82) is 0 Å². The van der Waals surface area contributed by atoms with E-state index in [0.717, 1.165) is 11.3 Å². The van der Waals surface area contributed by atoms with Crippen molar-refractivity contribution in [3.05, 3.63) is 46.6 Å². The van der Waals surface area contributed by atoms with Crippen LogP contribution in [0.25, 0.3) is 0 Å². The maximum atomic E-state index is 12.3. The van der Waals surface area contributed by atoms with Gasteiger partial charge in [-0.25, -0.2) is 18.1 Å². The van der Waals surface area contributed by atoms with E-state index >= 15 is 0 Å². The van der Waals surface area contributed by atoms with Gasteiger partial charge in [-0.3, -0.25) is 4.79 Å². The molecule has 1 N–H and O–H groups in total.